The van der Waals surface area contributed by atoms with Gasteiger partial charge in [-0.25, -0.2) is 33.9 Å². The van der Waals surface area contributed by atoms with Gasteiger partial charge < -0.3 is 67.9 Å². The number of hydrogen-bond donors (Lipinski definition) is 13. The third kappa shape index (κ3) is 17.0. The fourth-order valence-corrected chi connectivity index (χ4v) is 6.02. The fourth-order valence-electron chi connectivity index (χ4n) is 6.02. The van der Waals surface area contributed by atoms with Crippen LogP contribution in [-0.2, 0) is 47.9 Å². The predicted molar refractivity (Wildman–Crippen MR) is 228 cm³/mol. The van der Waals surface area contributed by atoms with Gasteiger partial charge in [-0.05, 0) is 56.4 Å². The summed E-state index contributed by atoms with van der Waals surface area (Å²) in [5.74, 6) is -13.9. The highest BCUT2D eigenvalue weighted by molar-refractivity contribution is 5.97. The van der Waals surface area contributed by atoms with Gasteiger partial charge in [0.05, 0.1) is 6.20 Å². The van der Waals surface area contributed by atoms with E-state index in [0.717, 1.165) is 0 Å². The molecule has 0 aliphatic heterocycles. The molecule has 1 aromatic carbocycles. The minimum absolute atomic E-state index is 0.0190. The van der Waals surface area contributed by atoms with Crippen LogP contribution < -0.4 is 42.8 Å². The fraction of sp³-hybridized carbons (Fsp3) is 0.410. The smallest absolute Gasteiger partial charge is 0.326 e. The molecule has 3 rings (SSSR count). The van der Waals surface area contributed by atoms with E-state index < -0.39 is 165 Å². The number of hydrogen-bond acceptors (Lipinski definition) is 17. The Morgan fingerprint density at radius 2 is 0.941 bits per heavy atom. The van der Waals surface area contributed by atoms with Gasteiger partial charge >= 0.3 is 35.8 Å². The number of nitrogen functional groups attached to an aromatic ring is 1. The normalized spacial score (nSPS) is 13.0. The van der Waals surface area contributed by atoms with E-state index in [1.165, 1.54) is 35.4 Å². The highest BCUT2D eigenvalue weighted by atomic mass is 16.4. The summed E-state index contributed by atoms with van der Waals surface area (Å²) in [7, 11) is 1.60. The zero-order valence-corrected chi connectivity index (χ0v) is 35.8. The van der Waals surface area contributed by atoms with E-state index in [2.05, 4.69) is 41.2 Å². The molecule has 0 aliphatic carbocycles. The molecule has 0 aliphatic rings. The second-order valence-corrected chi connectivity index (χ2v) is 14.7. The van der Waals surface area contributed by atoms with Crippen molar-refractivity contribution in [2.24, 2.45) is 0 Å². The van der Waals surface area contributed by atoms with Crippen molar-refractivity contribution in [3.63, 3.8) is 0 Å². The number of carbonyl (C=O) groups excluding carboxylic acids is 5. The van der Waals surface area contributed by atoms with Crippen LogP contribution >= 0.6 is 0 Å². The second-order valence-electron chi connectivity index (χ2n) is 14.7. The molecule has 68 heavy (non-hydrogen) atoms. The molecule has 2 aromatic heterocycles. The number of nitrogens with two attached hydrogens (primary N) is 1. The Labute approximate surface area is 381 Å². The van der Waals surface area contributed by atoms with E-state index >= 15 is 0 Å². The molecule has 0 fully saturated rings. The first-order valence-corrected chi connectivity index (χ1v) is 20.2. The van der Waals surface area contributed by atoms with Crippen LogP contribution in [0.1, 0.15) is 74.6 Å². The number of fused-ring (bicyclic) bond motifs is 1. The summed E-state index contributed by atoms with van der Waals surface area (Å²) in [6, 6.07) is -2.63. The van der Waals surface area contributed by atoms with Crippen molar-refractivity contribution in [1.82, 2.24) is 46.5 Å². The third-order valence-electron chi connectivity index (χ3n) is 9.71. The standard InChI is InChI=1S/C39H47N11O18/c1-50(24-16-41-31-30(47-24)33(58)49-39(40)48-31)18-4-2-17(3-5-18)32(57)46-23(38(67)68)9-14-28(54)44-21(36(63)64)7-12-26(52)42-19(34(59)60)6-11-25(51)43-20(35(61)62)8-13-27(53)45-22(37(65)66)10-15-29(55)56/h2-5,16,19-23H,6-15H2,1H3,(H,42,52)(H,43,51)(H,44,54)(H,45,53)(H,46,57)(H,55,56)(H,59,60)(H,61,62)(H,63,64)(H,65,66)(H,67,68)(H3,40,41,48,49,58)/t19-,20-,21-,22-,23-/m0/s1. The van der Waals surface area contributed by atoms with Crippen LogP contribution in [0.3, 0.4) is 0 Å². The number of amides is 5. The Bertz CT molecular complexity index is 2480. The summed E-state index contributed by atoms with van der Waals surface area (Å²) in [6.45, 7) is 0. The molecule has 2 heterocycles. The maximum atomic E-state index is 13.0. The Balaban J connectivity index is 1.47. The van der Waals surface area contributed by atoms with Crippen molar-refractivity contribution < 1.29 is 83.4 Å². The van der Waals surface area contributed by atoms with Gasteiger partial charge in [-0.2, -0.15) is 4.98 Å². The van der Waals surface area contributed by atoms with Crippen molar-refractivity contribution in [2.45, 2.75) is 94.4 Å². The number of aliphatic carboxylic acids is 6. The highest BCUT2D eigenvalue weighted by Gasteiger charge is 2.28. The lowest BCUT2D eigenvalue weighted by Gasteiger charge is -2.19. The summed E-state index contributed by atoms with van der Waals surface area (Å²) in [4.78, 5) is 161. The summed E-state index contributed by atoms with van der Waals surface area (Å²) < 4.78 is 0. The highest BCUT2D eigenvalue weighted by Crippen LogP contribution is 2.22. The van der Waals surface area contributed by atoms with Gasteiger partial charge in [0, 0.05) is 50.4 Å². The lowest BCUT2D eigenvalue weighted by Crippen LogP contribution is -2.46. The quantitative estimate of drug-likeness (QED) is 0.0358. The number of anilines is 3. The number of H-pyrrole nitrogens is 1. The number of carboxylic acids is 6. The van der Waals surface area contributed by atoms with E-state index in [0.29, 0.717) is 5.69 Å². The summed E-state index contributed by atoms with van der Waals surface area (Å²) in [5.41, 5.74) is 5.37. The molecule has 0 unspecified atom stereocenters. The largest absolute Gasteiger partial charge is 0.481 e. The van der Waals surface area contributed by atoms with E-state index in [1.807, 2.05) is 5.32 Å². The molecule has 29 heteroatoms. The number of nitrogens with zero attached hydrogens (tertiary/aromatic N) is 4. The van der Waals surface area contributed by atoms with Crippen molar-refractivity contribution in [2.75, 3.05) is 17.7 Å². The van der Waals surface area contributed by atoms with Gasteiger partial charge in [-0.3, -0.25) is 38.5 Å². The first kappa shape index (κ1) is 53.5. The molecule has 14 N–H and O–H groups in total. The minimum atomic E-state index is -1.74. The number of aromatic amines is 1. The first-order valence-electron chi connectivity index (χ1n) is 20.2. The number of carboxylic acid groups (broad SMARTS) is 6. The van der Waals surface area contributed by atoms with E-state index in [9.17, 15) is 83.1 Å². The van der Waals surface area contributed by atoms with Crippen LogP contribution in [0.4, 0.5) is 17.5 Å². The average molecular weight is 958 g/mol. The zero-order valence-electron chi connectivity index (χ0n) is 35.8. The summed E-state index contributed by atoms with van der Waals surface area (Å²) in [5, 5.41) is 67.0. The number of benzene rings is 1. The molecule has 0 saturated heterocycles. The van der Waals surface area contributed by atoms with Gasteiger partial charge in [-0.1, -0.05) is 0 Å². The number of rotatable bonds is 28. The lowest BCUT2D eigenvalue weighted by molar-refractivity contribution is -0.144. The zero-order chi connectivity index (χ0) is 50.8. The lowest BCUT2D eigenvalue weighted by atomic mass is 10.1. The van der Waals surface area contributed by atoms with Crippen molar-refractivity contribution in [3.05, 3.63) is 46.4 Å². The summed E-state index contributed by atoms with van der Waals surface area (Å²) in [6.07, 6.45) is -4.45. The molecule has 29 nitrogen and oxygen atoms in total. The number of aromatic nitrogens is 4. The van der Waals surface area contributed by atoms with E-state index in [-0.39, 0.29) is 28.5 Å². The molecule has 0 bridgehead atoms. The molecule has 0 spiro atoms. The molecule has 3 aromatic rings. The van der Waals surface area contributed by atoms with Crippen LogP contribution in [0.25, 0.3) is 11.2 Å². The molecule has 5 atom stereocenters. The van der Waals surface area contributed by atoms with Crippen LogP contribution in [0.15, 0.2) is 35.3 Å². The maximum Gasteiger partial charge on any atom is 0.326 e. The van der Waals surface area contributed by atoms with Crippen LogP contribution in [-0.4, -0.2) is 153 Å². The molecular weight excluding hydrogens is 910 g/mol. The van der Waals surface area contributed by atoms with Gasteiger partial charge in [-0.15, -0.1) is 0 Å². The summed E-state index contributed by atoms with van der Waals surface area (Å²) >= 11 is 0. The van der Waals surface area contributed by atoms with Gasteiger partial charge in [0.2, 0.25) is 29.6 Å². The van der Waals surface area contributed by atoms with Gasteiger partial charge in [0.15, 0.2) is 17.0 Å². The maximum absolute atomic E-state index is 13.0. The third-order valence-corrected chi connectivity index (χ3v) is 9.71. The first-order chi connectivity index (χ1) is 31.9. The minimum Gasteiger partial charge on any atom is -0.481 e. The Kier molecular flexibility index (Phi) is 19.7. The van der Waals surface area contributed by atoms with Crippen LogP contribution in [0, 0.1) is 0 Å². The van der Waals surface area contributed by atoms with Gasteiger partial charge in [0.25, 0.3) is 11.5 Å². The van der Waals surface area contributed by atoms with Crippen molar-refractivity contribution in [1.29, 1.82) is 0 Å². The van der Waals surface area contributed by atoms with Crippen LogP contribution in [0.2, 0.25) is 0 Å². The van der Waals surface area contributed by atoms with Crippen molar-refractivity contribution >= 4 is 94.0 Å². The molecule has 0 saturated carbocycles. The molecule has 5 amide bonds. The van der Waals surface area contributed by atoms with Crippen LogP contribution in [0.5, 0.6) is 0 Å². The Morgan fingerprint density at radius 1 is 0.574 bits per heavy atom. The Hall–Kier alpha value is -8.79. The van der Waals surface area contributed by atoms with Crippen molar-refractivity contribution in [3.8, 4) is 0 Å². The molecule has 366 valence electrons. The number of carbonyl (C=O) groups is 11. The topological polar surface area (TPSA) is 470 Å². The molecular formula is C39H47N11O18. The predicted octanol–water partition coefficient (Wildman–Crippen LogP) is -2.49. The Morgan fingerprint density at radius 3 is 1.31 bits per heavy atom. The van der Waals surface area contributed by atoms with E-state index in [1.54, 1.807) is 7.05 Å². The van der Waals surface area contributed by atoms with Gasteiger partial charge in [0.1, 0.15) is 30.2 Å². The average Bonchev–Trinajstić information content (AvgIpc) is 3.26. The monoisotopic (exact) mass is 957 g/mol. The number of nitrogens with one attached hydrogen (secondary N) is 6. The molecule has 0 radical (unpaired) electrons. The second kappa shape index (κ2) is 25.1. The van der Waals surface area contributed by atoms with E-state index in [4.69, 9.17) is 10.8 Å². The SMILES string of the molecule is CN(c1ccc(C(=O)N[C@@H](CCC(=O)N[C@@H](CCC(=O)N[C@@H](CCC(=O)N[C@@H](CCC(=O)N[C@@H](CCC(=O)O)C(=O)O)C(=O)O)C(=O)O)C(=O)O)C(=O)O)cc1)c1cnc2nc(N)[nH]c(=O)c2n1.